The minimum atomic E-state index is -0.846. The topological polar surface area (TPSA) is 37.3 Å². The number of unbranched alkanes of at least 4 members (excludes halogenated alkanes) is 10. The van der Waals surface area contributed by atoms with Gasteiger partial charge in [0, 0.05) is 5.57 Å². The summed E-state index contributed by atoms with van der Waals surface area (Å²) in [6.45, 7) is 7.99. The molecule has 1 N–H and O–H groups in total. The minimum Gasteiger partial charge on any atom is -0.478 e. The van der Waals surface area contributed by atoms with E-state index in [4.69, 9.17) is 5.11 Å². The third kappa shape index (κ3) is 13.9. The van der Waals surface area contributed by atoms with Crippen LogP contribution in [0.25, 0.3) is 0 Å². The molecule has 0 aliphatic carbocycles. The van der Waals surface area contributed by atoms with Crippen LogP contribution in [-0.4, -0.2) is 11.1 Å². The van der Waals surface area contributed by atoms with Gasteiger partial charge in [-0.15, -0.1) is 0 Å². The fraction of sp³-hybridized carbons (Fsp3) is 0.842. The van der Waals surface area contributed by atoms with E-state index in [0.29, 0.717) is 17.9 Å². The third-order valence-electron chi connectivity index (χ3n) is 4.20. The Bertz CT molecular complexity index is 271. The number of hydrogen-bond acceptors (Lipinski definition) is 1. The van der Waals surface area contributed by atoms with E-state index in [9.17, 15) is 4.79 Å². The quantitative estimate of drug-likeness (QED) is 0.282. The lowest BCUT2D eigenvalue weighted by Crippen LogP contribution is -2.04. The molecule has 0 aromatic heterocycles. The average Bonchev–Trinajstić information content (AvgIpc) is 2.44. The van der Waals surface area contributed by atoms with Crippen LogP contribution in [0.3, 0.4) is 0 Å². The van der Waals surface area contributed by atoms with E-state index >= 15 is 0 Å². The highest BCUT2D eigenvalue weighted by molar-refractivity contribution is 5.85. The zero-order valence-corrected chi connectivity index (χ0v) is 14.3. The lowest BCUT2D eigenvalue weighted by molar-refractivity contribution is -0.132. The molecule has 0 aromatic carbocycles. The summed E-state index contributed by atoms with van der Waals surface area (Å²) in [5, 5.41) is 8.79. The first-order chi connectivity index (χ1) is 10.1. The van der Waals surface area contributed by atoms with Crippen molar-refractivity contribution < 1.29 is 9.90 Å². The molecule has 1 unspecified atom stereocenters. The molecule has 2 nitrogen and oxygen atoms in total. The SMILES string of the molecule is C=C(CC(C)CCCCCCCCCCCCC)C(=O)O. The van der Waals surface area contributed by atoms with Crippen molar-refractivity contribution in [2.75, 3.05) is 0 Å². The molecule has 124 valence electrons. The fourth-order valence-corrected chi connectivity index (χ4v) is 2.77. The number of aliphatic carboxylic acids is 1. The van der Waals surface area contributed by atoms with Crippen molar-refractivity contribution in [3.63, 3.8) is 0 Å². The van der Waals surface area contributed by atoms with Crippen molar-refractivity contribution >= 4 is 5.97 Å². The molecule has 0 fully saturated rings. The van der Waals surface area contributed by atoms with Crippen LogP contribution in [0.1, 0.15) is 97.3 Å². The Kier molecular flexibility index (Phi) is 13.6. The second-order valence-corrected chi connectivity index (χ2v) is 6.54. The number of rotatable bonds is 15. The monoisotopic (exact) mass is 296 g/mol. The van der Waals surface area contributed by atoms with Crippen LogP contribution in [0.4, 0.5) is 0 Å². The van der Waals surface area contributed by atoms with E-state index in [1.165, 1.54) is 70.6 Å². The Balaban J connectivity index is 3.25. The fourth-order valence-electron chi connectivity index (χ4n) is 2.77. The molecule has 0 aliphatic rings. The smallest absolute Gasteiger partial charge is 0.330 e. The van der Waals surface area contributed by atoms with Crippen LogP contribution in [0, 0.1) is 5.92 Å². The third-order valence-corrected chi connectivity index (χ3v) is 4.20. The maximum absolute atomic E-state index is 10.7. The summed E-state index contributed by atoms with van der Waals surface area (Å²) in [5.41, 5.74) is 0.352. The Hall–Kier alpha value is -0.790. The molecule has 0 bridgehead atoms. The van der Waals surface area contributed by atoms with Crippen LogP contribution in [0.15, 0.2) is 12.2 Å². The van der Waals surface area contributed by atoms with E-state index in [-0.39, 0.29) is 0 Å². The van der Waals surface area contributed by atoms with Crippen LogP contribution in [0.5, 0.6) is 0 Å². The first kappa shape index (κ1) is 20.2. The van der Waals surface area contributed by atoms with Gasteiger partial charge in [0.25, 0.3) is 0 Å². The van der Waals surface area contributed by atoms with Gasteiger partial charge in [0.05, 0.1) is 0 Å². The standard InChI is InChI=1S/C19H36O2/c1-4-5-6-7-8-9-10-11-12-13-14-15-17(2)16-18(3)19(20)21/h17H,3-16H2,1-2H3,(H,20,21). The highest BCUT2D eigenvalue weighted by Gasteiger charge is 2.09. The van der Waals surface area contributed by atoms with E-state index in [2.05, 4.69) is 20.4 Å². The molecule has 0 aliphatic heterocycles. The molecular formula is C19H36O2. The van der Waals surface area contributed by atoms with Crippen molar-refractivity contribution in [2.24, 2.45) is 5.92 Å². The molecule has 0 saturated carbocycles. The van der Waals surface area contributed by atoms with Gasteiger partial charge >= 0.3 is 5.97 Å². The average molecular weight is 296 g/mol. The predicted octanol–water partition coefficient (Wildman–Crippen LogP) is 6.35. The van der Waals surface area contributed by atoms with Crippen molar-refractivity contribution in [2.45, 2.75) is 97.3 Å². The van der Waals surface area contributed by atoms with Gasteiger partial charge in [-0.25, -0.2) is 4.79 Å². The maximum Gasteiger partial charge on any atom is 0.330 e. The molecule has 0 heterocycles. The molecule has 0 aromatic rings. The maximum atomic E-state index is 10.7. The van der Waals surface area contributed by atoms with Gasteiger partial charge in [0.2, 0.25) is 0 Å². The van der Waals surface area contributed by atoms with Crippen LogP contribution in [0.2, 0.25) is 0 Å². The lowest BCUT2D eigenvalue weighted by Gasteiger charge is -2.10. The van der Waals surface area contributed by atoms with E-state index in [1.54, 1.807) is 0 Å². The van der Waals surface area contributed by atoms with Gasteiger partial charge in [-0.3, -0.25) is 0 Å². The molecule has 21 heavy (non-hydrogen) atoms. The zero-order chi connectivity index (χ0) is 15.9. The van der Waals surface area contributed by atoms with Crippen molar-refractivity contribution in [1.82, 2.24) is 0 Å². The highest BCUT2D eigenvalue weighted by Crippen LogP contribution is 2.18. The molecule has 0 saturated heterocycles. The number of hydrogen-bond donors (Lipinski definition) is 1. The molecule has 0 amide bonds. The Labute approximate surface area is 132 Å². The van der Waals surface area contributed by atoms with Crippen LogP contribution in [-0.2, 0) is 4.79 Å². The molecule has 0 rings (SSSR count). The van der Waals surface area contributed by atoms with Crippen LogP contribution < -0.4 is 0 Å². The molecule has 2 heteroatoms. The Morgan fingerprint density at radius 2 is 1.33 bits per heavy atom. The molecule has 0 spiro atoms. The summed E-state index contributed by atoms with van der Waals surface area (Å²) in [7, 11) is 0. The number of carboxylic acid groups (broad SMARTS) is 1. The molecule has 0 radical (unpaired) electrons. The summed E-state index contributed by atoms with van der Waals surface area (Å²) in [5.74, 6) is -0.395. The second kappa shape index (κ2) is 14.2. The van der Waals surface area contributed by atoms with Crippen molar-refractivity contribution in [3.05, 3.63) is 12.2 Å². The van der Waals surface area contributed by atoms with E-state index < -0.39 is 5.97 Å². The summed E-state index contributed by atoms with van der Waals surface area (Å²) in [6.07, 6.45) is 16.7. The van der Waals surface area contributed by atoms with E-state index in [1.807, 2.05) is 0 Å². The summed E-state index contributed by atoms with van der Waals surface area (Å²) < 4.78 is 0. The van der Waals surface area contributed by atoms with Gasteiger partial charge in [-0.2, -0.15) is 0 Å². The number of carboxylic acids is 1. The van der Waals surface area contributed by atoms with Crippen LogP contribution >= 0.6 is 0 Å². The first-order valence-electron chi connectivity index (χ1n) is 8.99. The van der Waals surface area contributed by atoms with E-state index in [0.717, 1.165) is 6.42 Å². The zero-order valence-electron chi connectivity index (χ0n) is 14.3. The molecule has 1 atom stereocenters. The Morgan fingerprint density at radius 3 is 1.76 bits per heavy atom. The summed E-state index contributed by atoms with van der Waals surface area (Å²) >= 11 is 0. The number of carbonyl (C=O) groups is 1. The van der Waals surface area contributed by atoms with Gasteiger partial charge < -0.3 is 5.11 Å². The predicted molar refractivity (Wildman–Crippen MR) is 91.6 cm³/mol. The van der Waals surface area contributed by atoms with Gasteiger partial charge in [0.15, 0.2) is 0 Å². The normalized spacial score (nSPS) is 12.3. The Morgan fingerprint density at radius 1 is 0.905 bits per heavy atom. The first-order valence-corrected chi connectivity index (χ1v) is 8.99. The second-order valence-electron chi connectivity index (χ2n) is 6.54. The van der Waals surface area contributed by atoms with Gasteiger partial charge in [-0.1, -0.05) is 97.5 Å². The minimum absolute atomic E-state index is 0.352. The van der Waals surface area contributed by atoms with Crippen molar-refractivity contribution in [1.29, 1.82) is 0 Å². The summed E-state index contributed by atoms with van der Waals surface area (Å²) in [6, 6.07) is 0. The molecular weight excluding hydrogens is 260 g/mol. The van der Waals surface area contributed by atoms with Gasteiger partial charge in [-0.05, 0) is 12.3 Å². The van der Waals surface area contributed by atoms with Crippen molar-refractivity contribution in [3.8, 4) is 0 Å². The summed E-state index contributed by atoms with van der Waals surface area (Å²) in [4.78, 5) is 10.7. The lowest BCUT2D eigenvalue weighted by atomic mass is 9.95. The largest absolute Gasteiger partial charge is 0.478 e. The highest BCUT2D eigenvalue weighted by atomic mass is 16.4. The van der Waals surface area contributed by atoms with Gasteiger partial charge in [0.1, 0.15) is 0 Å².